The van der Waals surface area contributed by atoms with Crippen molar-refractivity contribution in [3.8, 4) is 0 Å². The summed E-state index contributed by atoms with van der Waals surface area (Å²) in [6.07, 6.45) is 19.2. The van der Waals surface area contributed by atoms with Crippen molar-refractivity contribution in [3.05, 3.63) is 108 Å². The number of carbonyl (C=O) groups is 1. The van der Waals surface area contributed by atoms with E-state index in [1.54, 1.807) is 0 Å². The van der Waals surface area contributed by atoms with Gasteiger partial charge in [-0.2, -0.15) is 0 Å². The van der Waals surface area contributed by atoms with Crippen molar-refractivity contribution in [3.63, 3.8) is 0 Å². The van der Waals surface area contributed by atoms with Crippen LogP contribution < -0.4 is 16.4 Å². The molecule has 1 aromatic rings. The summed E-state index contributed by atoms with van der Waals surface area (Å²) in [5.41, 5.74) is 7.67. The number of rotatable bonds is 5. The highest BCUT2D eigenvalue weighted by molar-refractivity contribution is 5.90. The predicted molar refractivity (Wildman–Crippen MR) is 101 cm³/mol. The molecule has 2 heterocycles. The zero-order valence-electron chi connectivity index (χ0n) is 13.9. The van der Waals surface area contributed by atoms with Gasteiger partial charge in [-0.15, -0.1) is 0 Å². The fraction of sp³-hybridized carbons (Fsp3) is 0.0952. The summed E-state index contributed by atoms with van der Waals surface area (Å²) < 4.78 is 0. The van der Waals surface area contributed by atoms with Crippen molar-refractivity contribution >= 4 is 5.91 Å². The van der Waals surface area contributed by atoms with Gasteiger partial charge in [0.1, 0.15) is 5.41 Å². The van der Waals surface area contributed by atoms with Gasteiger partial charge in [0.15, 0.2) is 0 Å². The number of hydrogen-bond acceptors (Lipinski definition) is 3. The smallest absolute Gasteiger partial charge is 0.233 e. The minimum absolute atomic E-state index is 0.393. The standard InChI is InChI=1S/C21H21N3O/c22-20(25)21(14-17-8-2-1-3-9-17,18-10-4-6-12-23-15-18)19-11-5-7-13-24-16-19/h1-13,15-16,23-24H,14H2,(H2,22,25). The van der Waals surface area contributed by atoms with E-state index in [2.05, 4.69) is 10.6 Å². The van der Waals surface area contributed by atoms with E-state index in [-0.39, 0.29) is 0 Å². The van der Waals surface area contributed by atoms with Gasteiger partial charge in [-0.3, -0.25) is 4.79 Å². The molecule has 0 saturated heterocycles. The second-order valence-electron chi connectivity index (χ2n) is 5.90. The molecule has 0 unspecified atom stereocenters. The average molecular weight is 331 g/mol. The third-order valence-corrected chi connectivity index (χ3v) is 4.35. The third-order valence-electron chi connectivity index (χ3n) is 4.35. The van der Waals surface area contributed by atoms with Crippen LogP contribution in [0.4, 0.5) is 0 Å². The molecule has 126 valence electrons. The van der Waals surface area contributed by atoms with Crippen molar-refractivity contribution in [2.75, 3.05) is 0 Å². The molecule has 25 heavy (non-hydrogen) atoms. The van der Waals surface area contributed by atoms with E-state index < -0.39 is 11.3 Å². The summed E-state index contributed by atoms with van der Waals surface area (Å²) in [5.74, 6) is -0.393. The van der Waals surface area contributed by atoms with Crippen LogP contribution >= 0.6 is 0 Å². The lowest BCUT2D eigenvalue weighted by Crippen LogP contribution is -2.42. The Morgan fingerprint density at radius 3 is 1.96 bits per heavy atom. The summed E-state index contributed by atoms with van der Waals surface area (Å²) in [5, 5.41) is 6.20. The molecule has 0 fully saturated rings. The molecule has 2 aliphatic heterocycles. The number of hydrogen-bond donors (Lipinski definition) is 3. The number of carbonyl (C=O) groups excluding carboxylic acids is 1. The Balaban J connectivity index is 2.15. The molecule has 3 rings (SSSR count). The number of primary amides is 1. The summed E-state index contributed by atoms with van der Waals surface area (Å²) >= 11 is 0. The predicted octanol–water partition coefficient (Wildman–Crippen LogP) is 2.81. The highest BCUT2D eigenvalue weighted by atomic mass is 16.1. The Morgan fingerprint density at radius 2 is 1.44 bits per heavy atom. The van der Waals surface area contributed by atoms with E-state index >= 15 is 0 Å². The zero-order valence-corrected chi connectivity index (χ0v) is 13.9. The lowest BCUT2D eigenvalue weighted by atomic mass is 9.69. The van der Waals surface area contributed by atoms with Crippen molar-refractivity contribution in [1.29, 1.82) is 0 Å². The first kappa shape index (κ1) is 16.6. The fourth-order valence-electron chi connectivity index (χ4n) is 3.09. The maximum absolute atomic E-state index is 12.8. The summed E-state index contributed by atoms with van der Waals surface area (Å²) in [6.45, 7) is 0. The molecule has 0 atom stereocenters. The van der Waals surface area contributed by atoms with Crippen LogP contribution in [-0.2, 0) is 11.2 Å². The van der Waals surface area contributed by atoms with Crippen molar-refractivity contribution < 1.29 is 4.79 Å². The molecule has 0 spiro atoms. The average Bonchev–Trinajstić information content (AvgIpc) is 3.06. The van der Waals surface area contributed by atoms with Gasteiger partial charge in [0, 0.05) is 24.8 Å². The minimum atomic E-state index is -0.994. The highest BCUT2D eigenvalue weighted by Crippen LogP contribution is 2.41. The first-order chi connectivity index (χ1) is 12.2. The summed E-state index contributed by atoms with van der Waals surface area (Å²) in [4.78, 5) is 12.8. The SMILES string of the molecule is NC(=O)C(Cc1ccccc1)(C1=CNC=CC=C1)C1=CNC=CC=C1. The van der Waals surface area contributed by atoms with E-state index in [0.29, 0.717) is 6.42 Å². The monoisotopic (exact) mass is 331 g/mol. The van der Waals surface area contributed by atoms with Crippen LogP contribution in [0.5, 0.6) is 0 Å². The van der Waals surface area contributed by atoms with Crippen molar-refractivity contribution in [2.24, 2.45) is 11.1 Å². The number of nitrogens with two attached hydrogens (primary N) is 1. The van der Waals surface area contributed by atoms with Gasteiger partial charge < -0.3 is 16.4 Å². The van der Waals surface area contributed by atoms with Crippen LogP contribution in [0, 0.1) is 5.41 Å². The van der Waals surface area contributed by atoms with Crippen LogP contribution in [0.1, 0.15) is 5.56 Å². The first-order valence-corrected chi connectivity index (χ1v) is 8.17. The number of allylic oxidation sites excluding steroid dienone is 6. The second-order valence-corrected chi connectivity index (χ2v) is 5.90. The van der Waals surface area contributed by atoms with Crippen LogP contribution in [0.3, 0.4) is 0 Å². The van der Waals surface area contributed by atoms with Gasteiger partial charge in [0.2, 0.25) is 5.91 Å². The summed E-state index contributed by atoms with van der Waals surface area (Å²) in [7, 11) is 0. The van der Waals surface area contributed by atoms with E-state index in [1.807, 2.05) is 91.6 Å². The zero-order chi connectivity index (χ0) is 17.5. The van der Waals surface area contributed by atoms with E-state index in [4.69, 9.17) is 5.73 Å². The normalized spacial score (nSPS) is 16.2. The quantitative estimate of drug-likeness (QED) is 0.777. The van der Waals surface area contributed by atoms with Gasteiger partial charge in [-0.25, -0.2) is 0 Å². The first-order valence-electron chi connectivity index (χ1n) is 8.17. The molecule has 0 bridgehead atoms. The molecular weight excluding hydrogens is 310 g/mol. The molecule has 4 N–H and O–H groups in total. The molecule has 2 aliphatic rings. The Kier molecular flexibility index (Phi) is 5.00. The van der Waals surface area contributed by atoms with E-state index in [1.165, 1.54) is 0 Å². The van der Waals surface area contributed by atoms with Crippen LogP contribution in [-0.4, -0.2) is 5.91 Å². The van der Waals surface area contributed by atoms with Gasteiger partial charge in [0.25, 0.3) is 0 Å². The van der Waals surface area contributed by atoms with Gasteiger partial charge in [-0.05, 0) is 35.3 Å². The molecule has 0 saturated carbocycles. The molecule has 1 amide bonds. The van der Waals surface area contributed by atoms with Crippen LogP contribution in [0.15, 0.2) is 103 Å². The van der Waals surface area contributed by atoms with Crippen molar-refractivity contribution in [1.82, 2.24) is 10.6 Å². The fourth-order valence-corrected chi connectivity index (χ4v) is 3.09. The lowest BCUT2D eigenvalue weighted by molar-refractivity contribution is -0.123. The van der Waals surface area contributed by atoms with E-state index in [9.17, 15) is 4.79 Å². The Morgan fingerprint density at radius 1 is 0.880 bits per heavy atom. The maximum Gasteiger partial charge on any atom is 0.233 e. The van der Waals surface area contributed by atoms with Crippen molar-refractivity contribution in [2.45, 2.75) is 6.42 Å². The Labute approximate surface area is 147 Å². The molecule has 1 aromatic carbocycles. The van der Waals surface area contributed by atoms with Gasteiger partial charge >= 0.3 is 0 Å². The largest absolute Gasteiger partial charge is 0.369 e. The van der Waals surface area contributed by atoms with Crippen LogP contribution in [0.2, 0.25) is 0 Å². The number of amides is 1. The molecule has 4 nitrogen and oxygen atoms in total. The van der Waals surface area contributed by atoms with E-state index in [0.717, 1.165) is 16.7 Å². The number of nitrogens with one attached hydrogen (secondary N) is 2. The molecule has 0 aromatic heterocycles. The third kappa shape index (κ3) is 3.48. The van der Waals surface area contributed by atoms with Gasteiger partial charge in [-0.1, -0.05) is 54.6 Å². The number of benzene rings is 1. The molecular formula is C21H21N3O. The lowest BCUT2D eigenvalue weighted by Gasteiger charge is -2.33. The Hall–Kier alpha value is -3.27. The summed E-state index contributed by atoms with van der Waals surface area (Å²) in [6, 6.07) is 9.92. The topological polar surface area (TPSA) is 67.2 Å². The minimum Gasteiger partial charge on any atom is -0.369 e. The molecule has 0 radical (unpaired) electrons. The molecule has 0 aliphatic carbocycles. The van der Waals surface area contributed by atoms with Gasteiger partial charge in [0.05, 0.1) is 0 Å². The van der Waals surface area contributed by atoms with Crippen LogP contribution in [0.25, 0.3) is 0 Å². The maximum atomic E-state index is 12.8. The Bertz CT molecular complexity index is 771. The molecule has 4 heteroatoms. The highest BCUT2D eigenvalue weighted by Gasteiger charge is 2.42. The second kappa shape index (κ2) is 7.53.